The number of nitrogens with zero attached hydrogens (tertiary/aromatic N) is 3. The molecule has 1 aliphatic heterocycles. The average Bonchev–Trinajstić information content (AvgIpc) is 2.74. The summed E-state index contributed by atoms with van der Waals surface area (Å²) in [5.74, 6) is -0.286. The topological polar surface area (TPSA) is 67.4 Å². The number of alkyl halides is 3. The molecule has 0 unspecified atom stereocenters. The second kappa shape index (κ2) is 8.32. The normalized spacial score (nSPS) is 14.7. The summed E-state index contributed by atoms with van der Waals surface area (Å²) in [4.78, 5) is 23.5. The third-order valence-electron chi connectivity index (χ3n) is 4.94. The number of morpholine rings is 1. The quantitative estimate of drug-likeness (QED) is 0.619. The molecule has 1 saturated heterocycles. The molecule has 4 rings (SSSR count). The van der Waals surface area contributed by atoms with Crippen LogP contribution in [-0.2, 0) is 10.9 Å². The van der Waals surface area contributed by atoms with Gasteiger partial charge in [-0.2, -0.15) is 13.2 Å². The molecule has 3 aromatic rings. The summed E-state index contributed by atoms with van der Waals surface area (Å²) < 4.78 is 45.2. The molecule has 0 saturated carbocycles. The number of hydrogen-bond acceptors (Lipinski definition) is 5. The van der Waals surface area contributed by atoms with Gasteiger partial charge in [-0.15, -0.1) is 0 Å². The van der Waals surface area contributed by atoms with E-state index in [-0.39, 0.29) is 17.2 Å². The Morgan fingerprint density at radius 3 is 2.65 bits per heavy atom. The van der Waals surface area contributed by atoms with Gasteiger partial charge in [0.2, 0.25) is 0 Å². The number of anilines is 2. The van der Waals surface area contributed by atoms with Crippen molar-refractivity contribution in [2.75, 3.05) is 31.6 Å². The fourth-order valence-electron chi connectivity index (χ4n) is 3.37. The minimum atomic E-state index is -4.61. The molecular formula is C21H18ClF3N4O2. The number of halogens is 4. The zero-order chi connectivity index (χ0) is 22.2. The van der Waals surface area contributed by atoms with Crippen LogP contribution in [0.2, 0.25) is 5.02 Å². The first-order valence-electron chi connectivity index (χ1n) is 9.51. The maximum absolute atomic E-state index is 13.3. The smallest absolute Gasteiger partial charge is 0.378 e. The summed E-state index contributed by atoms with van der Waals surface area (Å²) in [6.07, 6.45) is -3.21. The van der Waals surface area contributed by atoms with Crippen LogP contribution in [0.1, 0.15) is 21.6 Å². The van der Waals surface area contributed by atoms with Gasteiger partial charge in [-0.05, 0) is 37.3 Å². The van der Waals surface area contributed by atoms with E-state index in [1.54, 1.807) is 24.0 Å². The molecule has 162 valence electrons. The number of rotatable bonds is 3. The monoisotopic (exact) mass is 450 g/mol. The van der Waals surface area contributed by atoms with Crippen molar-refractivity contribution in [2.24, 2.45) is 0 Å². The number of benzene rings is 1. The molecule has 2 aromatic heterocycles. The molecule has 10 heteroatoms. The van der Waals surface area contributed by atoms with Crippen LogP contribution < -0.4 is 5.32 Å². The number of hydrogen-bond donors (Lipinski definition) is 1. The number of nitrogens with one attached hydrogen (secondary N) is 1. The lowest BCUT2D eigenvalue weighted by Crippen LogP contribution is -2.41. The Morgan fingerprint density at radius 1 is 1.19 bits per heavy atom. The van der Waals surface area contributed by atoms with E-state index in [1.807, 2.05) is 0 Å². The summed E-state index contributed by atoms with van der Waals surface area (Å²) in [6, 6.07) is 7.00. The molecule has 0 spiro atoms. The van der Waals surface area contributed by atoms with Crippen LogP contribution in [0.15, 0.2) is 36.5 Å². The van der Waals surface area contributed by atoms with Gasteiger partial charge < -0.3 is 15.0 Å². The van der Waals surface area contributed by atoms with E-state index < -0.39 is 16.8 Å². The molecule has 1 aromatic carbocycles. The lowest BCUT2D eigenvalue weighted by Gasteiger charge is -2.28. The van der Waals surface area contributed by atoms with E-state index in [4.69, 9.17) is 16.3 Å². The van der Waals surface area contributed by atoms with E-state index in [9.17, 15) is 18.0 Å². The van der Waals surface area contributed by atoms with Gasteiger partial charge in [0.15, 0.2) is 5.65 Å². The maximum Gasteiger partial charge on any atom is 0.417 e. The number of ether oxygens (including phenoxy) is 1. The van der Waals surface area contributed by atoms with Crippen LogP contribution in [0.5, 0.6) is 0 Å². The minimum absolute atomic E-state index is 0.140. The lowest BCUT2D eigenvalue weighted by molar-refractivity contribution is -0.137. The van der Waals surface area contributed by atoms with Gasteiger partial charge in [-0.1, -0.05) is 11.6 Å². The van der Waals surface area contributed by atoms with Crippen molar-refractivity contribution < 1.29 is 22.7 Å². The molecule has 1 aliphatic rings. The van der Waals surface area contributed by atoms with E-state index in [0.717, 1.165) is 11.8 Å². The minimum Gasteiger partial charge on any atom is -0.378 e. The lowest BCUT2D eigenvalue weighted by atomic mass is 10.1. The molecule has 0 bridgehead atoms. The Bertz CT molecular complexity index is 1150. The van der Waals surface area contributed by atoms with E-state index in [1.165, 1.54) is 18.3 Å². The molecule has 0 atom stereocenters. The maximum atomic E-state index is 13.3. The van der Waals surface area contributed by atoms with E-state index >= 15 is 0 Å². The molecular weight excluding hydrogens is 433 g/mol. The molecule has 31 heavy (non-hydrogen) atoms. The molecule has 0 aliphatic carbocycles. The Labute approximate surface area is 181 Å². The SMILES string of the molecule is Cc1ccc2c(Nc3ccc(Cl)c(C(F)(F)F)c3)c(C(=O)N3CCOCC3)cnc2n1. The highest BCUT2D eigenvalue weighted by molar-refractivity contribution is 6.31. The number of aryl methyl sites for hydroxylation is 1. The highest BCUT2D eigenvalue weighted by Gasteiger charge is 2.33. The van der Waals surface area contributed by atoms with Crippen molar-refractivity contribution >= 4 is 39.9 Å². The summed E-state index contributed by atoms with van der Waals surface area (Å²) in [7, 11) is 0. The van der Waals surface area contributed by atoms with Crippen molar-refractivity contribution in [2.45, 2.75) is 13.1 Å². The zero-order valence-corrected chi connectivity index (χ0v) is 17.2. The van der Waals surface area contributed by atoms with Crippen molar-refractivity contribution in [3.05, 3.63) is 58.4 Å². The molecule has 1 amide bonds. The van der Waals surface area contributed by atoms with Crippen molar-refractivity contribution in [3.63, 3.8) is 0 Å². The van der Waals surface area contributed by atoms with E-state index in [0.29, 0.717) is 43.0 Å². The fraction of sp³-hybridized carbons (Fsp3) is 0.286. The fourth-order valence-corrected chi connectivity index (χ4v) is 3.59. The number of carbonyl (C=O) groups excluding carboxylic acids is 1. The first-order valence-corrected chi connectivity index (χ1v) is 9.89. The van der Waals surface area contributed by atoms with Crippen LogP contribution >= 0.6 is 11.6 Å². The molecule has 0 radical (unpaired) electrons. The van der Waals surface area contributed by atoms with Gasteiger partial charge in [0.1, 0.15) is 0 Å². The highest BCUT2D eigenvalue weighted by Crippen LogP contribution is 2.38. The number of fused-ring (bicyclic) bond motifs is 1. The van der Waals surface area contributed by atoms with Gasteiger partial charge in [0.05, 0.1) is 35.1 Å². The van der Waals surface area contributed by atoms with Crippen LogP contribution in [0.3, 0.4) is 0 Å². The first-order chi connectivity index (χ1) is 14.7. The second-order valence-electron chi connectivity index (χ2n) is 7.09. The summed E-state index contributed by atoms with van der Waals surface area (Å²) >= 11 is 5.74. The van der Waals surface area contributed by atoms with Gasteiger partial charge in [0.25, 0.3) is 5.91 Å². The van der Waals surface area contributed by atoms with Crippen LogP contribution in [-0.4, -0.2) is 47.1 Å². The van der Waals surface area contributed by atoms with Crippen LogP contribution in [0, 0.1) is 6.92 Å². The number of pyridine rings is 2. The van der Waals surface area contributed by atoms with E-state index in [2.05, 4.69) is 15.3 Å². The number of amides is 1. The van der Waals surface area contributed by atoms with Crippen molar-refractivity contribution in [3.8, 4) is 0 Å². The van der Waals surface area contributed by atoms with Crippen LogP contribution in [0.25, 0.3) is 11.0 Å². The molecule has 1 N–H and O–H groups in total. The molecule has 1 fully saturated rings. The van der Waals surface area contributed by atoms with Gasteiger partial charge in [-0.3, -0.25) is 4.79 Å². The largest absolute Gasteiger partial charge is 0.417 e. The Hall–Kier alpha value is -2.91. The van der Waals surface area contributed by atoms with Crippen molar-refractivity contribution in [1.82, 2.24) is 14.9 Å². The third kappa shape index (κ3) is 4.42. The number of aromatic nitrogens is 2. The first kappa shape index (κ1) is 21.3. The molecule has 3 heterocycles. The summed E-state index contributed by atoms with van der Waals surface area (Å²) in [6.45, 7) is 3.48. The standard InChI is InChI=1S/C21H18ClF3N4O2/c1-12-2-4-14-18(28-13-3-5-17(22)16(10-13)21(23,24)25)15(11-26-19(14)27-12)20(30)29-6-8-31-9-7-29/h2-5,10-11H,6-9H2,1H3,(H,26,27,28). The Balaban J connectivity index is 1.82. The highest BCUT2D eigenvalue weighted by atomic mass is 35.5. The summed E-state index contributed by atoms with van der Waals surface area (Å²) in [5.41, 5.74) is 0.858. The van der Waals surface area contributed by atoms with Gasteiger partial charge in [0, 0.05) is 36.1 Å². The Kier molecular flexibility index (Phi) is 5.72. The predicted molar refractivity (Wildman–Crippen MR) is 111 cm³/mol. The predicted octanol–water partition coefficient (Wildman–Crippen LogP) is 4.83. The van der Waals surface area contributed by atoms with Gasteiger partial charge in [-0.25, -0.2) is 9.97 Å². The van der Waals surface area contributed by atoms with Crippen molar-refractivity contribution in [1.29, 1.82) is 0 Å². The van der Waals surface area contributed by atoms with Gasteiger partial charge >= 0.3 is 6.18 Å². The van der Waals surface area contributed by atoms with Crippen LogP contribution in [0.4, 0.5) is 24.5 Å². The molecule has 6 nitrogen and oxygen atoms in total. The second-order valence-corrected chi connectivity index (χ2v) is 7.50. The Morgan fingerprint density at radius 2 is 1.94 bits per heavy atom. The average molecular weight is 451 g/mol. The summed E-state index contributed by atoms with van der Waals surface area (Å²) in [5, 5.41) is 3.10. The zero-order valence-electron chi connectivity index (χ0n) is 16.5. The third-order valence-corrected chi connectivity index (χ3v) is 5.27. The number of carbonyl (C=O) groups is 1.